The average Bonchev–Trinajstić information content (AvgIpc) is 2.97. The zero-order chi connectivity index (χ0) is 16.4. The van der Waals surface area contributed by atoms with Crippen LogP contribution in [0.3, 0.4) is 0 Å². The molecule has 0 saturated carbocycles. The van der Waals surface area contributed by atoms with Crippen LogP contribution >= 0.6 is 0 Å². The predicted octanol–water partition coefficient (Wildman–Crippen LogP) is 3.89. The van der Waals surface area contributed by atoms with Gasteiger partial charge in [0.1, 0.15) is 0 Å². The van der Waals surface area contributed by atoms with E-state index in [1.807, 2.05) is 32.0 Å². The number of benzene rings is 2. The van der Waals surface area contributed by atoms with Gasteiger partial charge in [0.05, 0.1) is 0 Å². The molecule has 0 saturated heterocycles. The Morgan fingerprint density at radius 2 is 1.36 bits per heavy atom. The molecule has 1 aliphatic rings. The minimum absolute atomic E-state index is 0.373. The summed E-state index contributed by atoms with van der Waals surface area (Å²) in [6.45, 7) is 6.86. The lowest BCUT2D eigenvalue weighted by Gasteiger charge is -2.06. The van der Waals surface area contributed by atoms with Crippen molar-refractivity contribution in [2.75, 3.05) is 6.54 Å². The molecule has 22 heavy (non-hydrogen) atoms. The summed E-state index contributed by atoms with van der Waals surface area (Å²) in [6.07, 6.45) is 2.13. The van der Waals surface area contributed by atoms with Crippen LogP contribution in [-0.4, -0.2) is 12.6 Å². The van der Waals surface area contributed by atoms with Gasteiger partial charge in [-0.3, -0.25) is 0 Å². The Kier molecular flexibility index (Phi) is 8.49. The molecule has 2 nitrogen and oxygen atoms in total. The Balaban J connectivity index is 0.000000198. The topological polar surface area (TPSA) is 52.0 Å². The number of hydrogen-bond acceptors (Lipinski definition) is 2. The zero-order valence-corrected chi connectivity index (χ0v) is 14.1. The fourth-order valence-corrected chi connectivity index (χ4v) is 2.51. The number of nitrogens with two attached hydrogens (primary N) is 2. The van der Waals surface area contributed by atoms with Crippen LogP contribution < -0.4 is 11.5 Å². The van der Waals surface area contributed by atoms with Crippen molar-refractivity contribution in [3.05, 3.63) is 71.3 Å². The quantitative estimate of drug-likeness (QED) is 0.884. The van der Waals surface area contributed by atoms with E-state index in [4.69, 9.17) is 11.5 Å². The number of rotatable bonds is 2. The van der Waals surface area contributed by atoms with E-state index < -0.39 is 0 Å². The van der Waals surface area contributed by atoms with E-state index in [1.54, 1.807) is 0 Å². The third-order valence-electron chi connectivity index (χ3n) is 3.80. The molecule has 2 heteroatoms. The zero-order valence-electron chi connectivity index (χ0n) is 14.1. The normalized spacial score (nSPS) is 14.0. The minimum Gasteiger partial charge on any atom is -0.330 e. The first-order valence-electron chi connectivity index (χ1n) is 8.28. The van der Waals surface area contributed by atoms with E-state index in [-0.39, 0.29) is 0 Å². The Morgan fingerprint density at radius 1 is 0.909 bits per heavy atom. The van der Waals surface area contributed by atoms with Gasteiger partial charge in [-0.05, 0) is 42.0 Å². The SMILES string of the molecule is CC.C[C@H](CN)c1ccccc1.NC1Cc2ccccc2C1. The molecule has 0 aliphatic heterocycles. The molecule has 3 rings (SSSR count). The molecule has 0 aromatic heterocycles. The molecule has 4 N–H and O–H groups in total. The standard InChI is InChI=1S/C9H11N.C9H13N.C2H6/c10-9-5-7-3-1-2-4-8(7)6-9;1-8(7-10)9-5-3-2-4-6-9;1-2/h1-4,9H,5-6,10H2;2-6,8H,7,10H2,1H3;1-2H3/t;8-;/m.1./s1. The largest absolute Gasteiger partial charge is 0.330 e. The van der Waals surface area contributed by atoms with E-state index in [1.165, 1.54) is 16.7 Å². The second kappa shape index (κ2) is 10.1. The first-order valence-corrected chi connectivity index (χ1v) is 8.28. The van der Waals surface area contributed by atoms with Crippen molar-refractivity contribution in [3.63, 3.8) is 0 Å². The van der Waals surface area contributed by atoms with Gasteiger partial charge in [0.15, 0.2) is 0 Å². The van der Waals surface area contributed by atoms with Gasteiger partial charge in [-0.2, -0.15) is 0 Å². The van der Waals surface area contributed by atoms with Crippen molar-refractivity contribution >= 4 is 0 Å². The van der Waals surface area contributed by atoms with Crippen LogP contribution in [0.25, 0.3) is 0 Å². The van der Waals surface area contributed by atoms with Crippen molar-refractivity contribution in [2.24, 2.45) is 11.5 Å². The molecular weight excluding hydrogens is 268 g/mol. The minimum atomic E-state index is 0.373. The summed E-state index contributed by atoms with van der Waals surface area (Å²) in [5, 5.41) is 0. The molecule has 0 amide bonds. The lowest BCUT2D eigenvalue weighted by Crippen LogP contribution is -2.18. The molecular formula is C20H30N2. The Morgan fingerprint density at radius 3 is 1.82 bits per heavy atom. The fourth-order valence-electron chi connectivity index (χ4n) is 2.51. The van der Waals surface area contributed by atoms with E-state index in [2.05, 4.69) is 43.3 Å². The highest BCUT2D eigenvalue weighted by Gasteiger charge is 2.16. The smallest absolute Gasteiger partial charge is 0.0120 e. The van der Waals surface area contributed by atoms with Crippen LogP contribution in [0.1, 0.15) is 43.4 Å². The van der Waals surface area contributed by atoms with Crippen LogP contribution in [-0.2, 0) is 12.8 Å². The summed E-state index contributed by atoms with van der Waals surface area (Å²) in [6, 6.07) is 19.2. The summed E-state index contributed by atoms with van der Waals surface area (Å²) in [5.74, 6) is 0.487. The Bertz CT molecular complexity index is 497. The molecule has 0 bridgehead atoms. The van der Waals surface area contributed by atoms with Gasteiger partial charge in [0.25, 0.3) is 0 Å². The highest BCUT2D eigenvalue weighted by molar-refractivity contribution is 5.32. The Hall–Kier alpha value is -1.64. The first-order chi connectivity index (χ1) is 10.7. The van der Waals surface area contributed by atoms with Crippen molar-refractivity contribution in [2.45, 2.75) is 45.6 Å². The van der Waals surface area contributed by atoms with E-state index in [0.717, 1.165) is 19.4 Å². The summed E-state index contributed by atoms with van der Waals surface area (Å²) in [5.41, 5.74) is 15.5. The van der Waals surface area contributed by atoms with E-state index >= 15 is 0 Å². The van der Waals surface area contributed by atoms with Gasteiger partial charge in [-0.1, -0.05) is 75.4 Å². The van der Waals surface area contributed by atoms with E-state index in [0.29, 0.717) is 12.0 Å². The van der Waals surface area contributed by atoms with Gasteiger partial charge in [-0.25, -0.2) is 0 Å². The summed E-state index contributed by atoms with van der Waals surface area (Å²) in [4.78, 5) is 0. The maximum atomic E-state index is 5.78. The van der Waals surface area contributed by atoms with Crippen LogP contribution in [0.2, 0.25) is 0 Å². The molecule has 0 radical (unpaired) electrons. The predicted molar refractivity (Wildman–Crippen MR) is 97.1 cm³/mol. The van der Waals surface area contributed by atoms with Crippen molar-refractivity contribution in [1.82, 2.24) is 0 Å². The summed E-state index contributed by atoms with van der Waals surface area (Å²) in [7, 11) is 0. The molecule has 2 aromatic carbocycles. The van der Waals surface area contributed by atoms with Gasteiger partial charge in [0.2, 0.25) is 0 Å². The average molecular weight is 298 g/mol. The maximum absolute atomic E-state index is 5.78. The van der Waals surface area contributed by atoms with Crippen LogP contribution in [0, 0.1) is 0 Å². The van der Waals surface area contributed by atoms with Gasteiger partial charge >= 0.3 is 0 Å². The molecule has 0 unspecified atom stereocenters. The molecule has 0 spiro atoms. The van der Waals surface area contributed by atoms with Gasteiger partial charge in [-0.15, -0.1) is 0 Å². The lowest BCUT2D eigenvalue weighted by atomic mass is 10.0. The van der Waals surface area contributed by atoms with Crippen LogP contribution in [0.4, 0.5) is 0 Å². The van der Waals surface area contributed by atoms with Crippen molar-refractivity contribution < 1.29 is 0 Å². The first kappa shape index (κ1) is 18.4. The van der Waals surface area contributed by atoms with Crippen LogP contribution in [0.5, 0.6) is 0 Å². The number of fused-ring (bicyclic) bond motifs is 1. The second-order valence-corrected chi connectivity index (χ2v) is 5.48. The third-order valence-corrected chi connectivity index (χ3v) is 3.80. The third kappa shape index (κ3) is 5.63. The molecule has 120 valence electrons. The number of hydrogen-bond donors (Lipinski definition) is 2. The van der Waals surface area contributed by atoms with Crippen LogP contribution in [0.15, 0.2) is 54.6 Å². The van der Waals surface area contributed by atoms with Gasteiger partial charge < -0.3 is 11.5 Å². The molecule has 2 aromatic rings. The lowest BCUT2D eigenvalue weighted by molar-refractivity contribution is 0.721. The molecule has 1 aliphatic carbocycles. The molecule has 0 fully saturated rings. The highest BCUT2D eigenvalue weighted by atomic mass is 14.6. The van der Waals surface area contributed by atoms with Gasteiger partial charge in [0, 0.05) is 6.04 Å². The monoisotopic (exact) mass is 298 g/mol. The van der Waals surface area contributed by atoms with Crippen molar-refractivity contribution in [1.29, 1.82) is 0 Å². The molecule has 0 heterocycles. The summed E-state index contributed by atoms with van der Waals surface area (Å²) < 4.78 is 0. The fraction of sp³-hybridized carbons (Fsp3) is 0.400. The maximum Gasteiger partial charge on any atom is 0.0120 e. The highest BCUT2D eigenvalue weighted by Crippen LogP contribution is 2.19. The van der Waals surface area contributed by atoms with E-state index in [9.17, 15) is 0 Å². The summed E-state index contributed by atoms with van der Waals surface area (Å²) >= 11 is 0. The van der Waals surface area contributed by atoms with Crippen molar-refractivity contribution in [3.8, 4) is 0 Å². The Labute approximate surface area is 135 Å². The second-order valence-electron chi connectivity index (χ2n) is 5.48. The molecule has 1 atom stereocenters.